The van der Waals surface area contributed by atoms with Gasteiger partial charge in [-0.25, -0.2) is 0 Å². The van der Waals surface area contributed by atoms with Crippen LogP contribution < -0.4 is 5.73 Å². The molecule has 0 aromatic heterocycles. The minimum Gasteiger partial charge on any atom is -0.394 e. The number of hydrogen-bond acceptors (Lipinski definition) is 3. The van der Waals surface area contributed by atoms with Crippen molar-refractivity contribution in [2.24, 2.45) is 5.73 Å². The first-order valence-corrected chi connectivity index (χ1v) is 11.2. The molecule has 0 bridgehead atoms. The standard InChI is InChI=1S/C24H43NO2/c1-2-3-4-5-6-7-8-9-10-11-12-13-22-14-16-23(17-15-22)18-19-24(25,20-26)21-27/h14-17,26-27H,2-13,18-21,25H2,1H3. The van der Waals surface area contributed by atoms with Crippen molar-refractivity contribution >= 4 is 0 Å². The summed E-state index contributed by atoms with van der Waals surface area (Å²) in [5.74, 6) is 0. The quantitative estimate of drug-likeness (QED) is 0.329. The van der Waals surface area contributed by atoms with Crippen molar-refractivity contribution in [1.29, 1.82) is 0 Å². The first kappa shape index (κ1) is 24.1. The molecule has 3 nitrogen and oxygen atoms in total. The van der Waals surface area contributed by atoms with Crippen molar-refractivity contribution in [2.45, 2.75) is 102 Å². The van der Waals surface area contributed by atoms with Crippen LogP contribution in [0.15, 0.2) is 24.3 Å². The predicted octanol–water partition coefficient (Wildman–Crippen LogP) is 5.15. The lowest BCUT2D eigenvalue weighted by Crippen LogP contribution is -2.47. The van der Waals surface area contributed by atoms with Crippen molar-refractivity contribution in [3.8, 4) is 0 Å². The van der Waals surface area contributed by atoms with Gasteiger partial charge in [-0.3, -0.25) is 0 Å². The van der Waals surface area contributed by atoms with Gasteiger partial charge in [-0.15, -0.1) is 0 Å². The highest BCUT2D eigenvalue weighted by atomic mass is 16.3. The molecule has 1 aromatic carbocycles. The number of unbranched alkanes of at least 4 members (excludes halogenated alkanes) is 10. The Morgan fingerprint density at radius 1 is 0.667 bits per heavy atom. The maximum Gasteiger partial charge on any atom is 0.0633 e. The second-order valence-corrected chi connectivity index (χ2v) is 8.28. The maximum absolute atomic E-state index is 9.25. The Balaban J connectivity index is 2.06. The Morgan fingerprint density at radius 2 is 1.07 bits per heavy atom. The topological polar surface area (TPSA) is 66.5 Å². The van der Waals surface area contributed by atoms with E-state index in [0.717, 1.165) is 12.8 Å². The molecule has 0 amide bonds. The third-order valence-electron chi connectivity index (χ3n) is 5.63. The van der Waals surface area contributed by atoms with Gasteiger partial charge in [0.15, 0.2) is 0 Å². The van der Waals surface area contributed by atoms with Crippen molar-refractivity contribution in [3.63, 3.8) is 0 Å². The minimum absolute atomic E-state index is 0.180. The highest BCUT2D eigenvalue weighted by Crippen LogP contribution is 2.15. The van der Waals surface area contributed by atoms with Gasteiger partial charge < -0.3 is 15.9 Å². The van der Waals surface area contributed by atoms with E-state index >= 15 is 0 Å². The number of aliphatic hydroxyl groups excluding tert-OH is 2. The molecule has 0 fully saturated rings. The minimum atomic E-state index is -0.867. The van der Waals surface area contributed by atoms with Gasteiger partial charge >= 0.3 is 0 Å². The van der Waals surface area contributed by atoms with E-state index < -0.39 is 5.54 Å². The van der Waals surface area contributed by atoms with Gasteiger partial charge in [-0.05, 0) is 36.8 Å². The smallest absolute Gasteiger partial charge is 0.0633 e. The molecule has 1 rings (SSSR count). The van der Waals surface area contributed by atoms with Gasteiger partial charge in [0.25, 0.3) is 0 Å². The largest absolute Gasteiger partial charge is 0.394 e. The molecule has 0 atom stereocenters. The van der Waals surface area contributed by atoms with Crippen LogP contribution in [0.4, 0.5) is 0 Å². The van der Waals surface area contributed by atoms with Crippen LogP contribution in [-0.2, 0) is 12.8 Å². The molecule has 0 unspecified atom stereocenters. The van der Waals surface area contributed by atoms with Crippen molar-refractivity contribution in [3.05, 3.63) is 35.4 Å². The van der Waals surface area contributed by atoms with E-state index in [1.807, 2.05) is 0 Å². The molecular weight excluding hydrogens is 334 g/mol. The SMILES string of the molecule is CCCCCCCCCCCCCc1ccc(CCC(N)(CO)CO)cc1. The Bertz CT molecular complexity index is 454. The summed E-state index contributed by atoms with van der Waals surface area (Å²) in [5.41, 5.74) is 7.68. The van der Waals surface area contributed by atoms with Crippen LogP contribution in [0.1, 0.15) is 95.1 Å². The summed E-state index contributed by atoms with van der Waals surface area (Å²) in [6.45, 7) is 1.91. The van der Waals surface area contributed by atoms with Gasteiger partial charge in [0.2, 0.25) is 0 Å². The molecule has 27 heavy (non-hydrogen) atoms. The second-order valence-electron chi connectivity index (χ2n) is 8.28. The number of aliphatic hydroxyl groups is 2. The molecule has 0 heterocycles. The number of aryl methyl sites for hydroxylation is 2. The number of nitrogens with two attached hydrogens (primary N) is 1. The Kier molecular flexibility index (Phi) is 13.5. The van der Waals surface area contributed by atoms with Crippen molar-refractivity contribution in [2.75, 3.05) is 13.2 Å². The Hall–Kier alpha value is -0.900. The molecule has 0 saturated heterocycles. The highest BCUT2D eigenvalue weighted by Gasteiger charge is 2.22. The van der Waals surface area contributed by atoms with Crippen molar-refractivity contribution < 1.29 is 10.2 Å². The molecule has 1 aromatic rings. The fraction of sp³-hybridized carbons (Fsp3) is 0.750. The summed E-state index contributed by atoms with van der Waals surface area (Å²) >= 11 is 0. The monoisotopic (exact) mass is 377 g/mol. The number of hydrogen-bond donors (Lipinski definition) is 3. The molecule has 0 aliphatic heterocycles. The van der Waals surface area contributed by atoms with Crippen LogP contribution in [-0.4, -0.2) is 29.0 Å². The van der Waals surface area contributed by atoms with E-state index in [9.17, 15) is 10.2 Å². The van der Waals surface area contributed by atoms with E-state index in [-0.39, 0.29) is 13.2 Å². The molecule has 0 aliphatic carbocycles. The summed E-state index contributed by atoms with van der Waals surface area (Å²) < 4.78 is 0. The van der Waals surface area contributed by atoms with Crippen LogP contribution in [0, 0.1) is 0 Å². The van der Waals surface area contributed by atoms with Gasteiger partial charge in [-0.1, -0.05) is 95.4 Å². The maximum atomic E-state index is 9.25. The average Bonchev–Trinajstić information content (AvgIpc) is 2.71. The van der Waals surface area contributed by atoms with Gasteiger partial charge in [0, 0.05) is 0 Å². The third kappa shape index (κ3) is 11.5. The average molecular weight is 378 g/mol. The normalized spacial score (nSPS) is 11.9. The molecule has 3 heteroatoms. The van der Waals surface area contributed by atoms with Gasteiger partial charge in [0.1, 0.15) is 0 Å². The molecule has 0 spiro atoms. The highest BCUT2D eigenvalue weighted by molar-refractivity contribution is 5.23. The van der Waals surface area contributed by atoms with E-state index in [0.29, 0.717) is 6.42 Å². The Labute approximate surface area is 167 Å². The summed E-state index contributed by atoms with van der Waals surface area (Å²) in [4.78, 5) is 0. The van der Waals surface area contributed by atoms with Crippen LogP contribution in [0.25, 0.3) is 0 Å². The summed E-state index contributed by atoms with van der Waals surface area (Å²) in [7, 11) is 0. The Morgan fingerprint density at radius 3 is 1.52 bits per heavy atom. The number of benzene rings is 1. The lowest BCUT2D eigenvalue weighted by molar-refractivity contribution is 0.115. The molecule has 156 valence electrons. The van der Waals surface area contributed by atoms with E-state index in [1.165, 1.54) is 81.8 Å². The number of rotatable bonds is 17. The van der Waals surface area contributed by atoms with E-state index in [4.69, 9.17) is 5.73 Å². The summed E-state index contributed by atoms with van der Waals surface area (Å²) in [6, 6.07) is 8.73. The van der Waals surface area contributed by atoms with Crippen LogP contribution in [0.5, 0.6) is 0 Å². The molecule has 0 radical (unpaired) electrons. The summed E-state index contributed by atoms with van der Waals surface area (Å²) in [5, 5.41) is 18.5. The zero-order valence-corrected chi connectivity index (χ0v) is 17.6. The second kappa shape index (κ2) is 15.1. The molecule has 4 N–H and O–H groups in total. The van der Waals surface area contributed by atoms with Crippen molar-refractivity contribution in [1.82, 2.24) is 0 Å². The first-order valence-electron chi connectivity index (χ1n) is 11.2. The van der Waals surface area contributed by atoms with Crippen LogP contribution in [0.2, 0.25) is 0 Å². The van der Waals surface area contributed by atoms with E-state index in [1.54, 1.807) is 0 Å². The lowest BCUT2D eigenvalue weighted by Gasteiger charge is -2.24. The molecule has 0 aliphatic rings. The molecule has 0 saturated carbocycles. The summed E-state index contributed by atoms with van der Waals surface area (Å²) in [6.07, 6.45) is 17.8. The molecular formula is C24H43NO2. The predicted molar refractivity (Wildman–Crippen MR) is 116 cm³/mol. The van der Waals surface area contributed by atoms with Gasteiger partial charge in [-0.2, -0.15) is 0 Å². The van der Waals surface area contributed by atoms with E-state index in [2.05, 4.69) is 31.2 Å². The van der Waals surface area contributed by atoms with Crippen LogP contribution in [0.3, 0.4) is 0 Å². The lowest BCUT2D eigenvalue weighted by atomic mass is 9.93. The zero-order chi connectivity index (χ0) is 19.8. The third-order valence-corrected chi connectivity index (χ3v) is 5.63. The van der Waals surface area contributed by atoms with Crippen LogP contribution >= 0.6 is 0 Å². The zero-order valence-electron chi connectivity index (χ0n) is 17.6. The van der Waals surface area contributed by atoms with Gasteiger partial charge in [0.05, 0.1) is 18.8 Å². The first-order chi connectivity index (χ1) is 13.1. The fourth-order valence-corrected chi connectivity index (χ4v) is 3.47. The fourth-order valence-electron chi connectivity index (χ4n) is 3.47.